The summed E-state index contributed by atoms with van der Waals surface area (Å²) in [5, 5.41) is 6.35. The zero-order valence-electron chi connectivity index (χ0n) is 17.3. The summed E-state index contributed by atoms with van der Waals surface area (Å²) in [4.78, 5) is 18.1. The molecular weight excluding hydrogens is 554 g/mol. The molecule has 0 aliphatic heterocycles. The van der Waals surface area contributed by atoms with Crippen LogP contribution in [0.5, 0.6) is 5.75 Å². The van der Waals surface area contributed by atoms with E-state index in [-0.39, 0.29) is 12.0 Å². The van der Waals surface area contributed by atoms with Crippen LogP contribution in [0.1, 0.15) is 29.8 Å². The van der Waals surface area contributed by atoms with Crippen molar-refractivity contribution in [2.45, 2.75) is 20.0 Å². The second-order valence-corrected chi connectivity index (χ2v) is 10.1. The number of thiazole rings is 1. The monoisotopic (exact) mass is 571 g/mol. The van der Waals surface area contributed by atoms with E-state index < -0.39 is 0 Å². The molecule has 1 aromatic heterocycles. The molecule has 1 amide bonds. The van der Waals surface area contributed by atoms with Gasteiger partial charge in [0.25, 0.3) is 5.91 Å². The molecule has 0 unspecified atom stereocenters. The summed E-state index contributed by atoms with van der Waals surface area (Å²) >= 11 is 8.33. The summed E-state index contributed by atoms with van der Waals surface area (Å²) in [5.41, 5.74) is 2.18. The first-order valence-corrected chi connectivity index (χ1v) is 12.3. The van der Waals surface area contributed by atoms with E-state index in [0.717, 1.165) is 24.7 Å². The predicted molar refractivity (Wildman–Crippen MR) is 138 cm³/mol. The normalized spacial score (nSPS) is 11.4. The Kier molecular flexibility index (Phi) is 7.03. The number of halogens is 2. The summed E-state index contributed by atoms with van der Waals surface area (Å²) in [6, 6.07) is 20.6. The number of nitrogens with zero attached hydrogens (tertiary/aromatic N) is 3. The molecule has 0 fully saturated rings. The minimum absolute atomic E-state index is 0.0608. The minimum atomic E-state index is -0.271. The maximum Gasteiger partial charge on any atom is 0.280 e. The third kappa shape index (κ3) is 5.43. The summed E-state index contributed by atoms with van der Waals surface area (Å²) in [7, 11) is 0. The fraction of sp³-hybridized carbons (Fsp3) is 0.125. The molecule has 0 aliphatic rings. The van der Waals surface area contributed by atoms with Crippen molar-refractivity contribution >= 4 is 70.7 Å². The summed E-state index contributed by atoms with van der Waals surface area (Å²) in [6.07, 6.45) is 1.72. The van der Waals surface area contributed by atoms with E-state index in [4.69, 9.17) is 4.74 Å². The van der Waals surface area contributed by atoms with Crippen LogP contribution < -0.4 is 9.75 Å². The topological polar surface area (TPSA) is 54.8 Å². The van der Waals surface area contributed by atoms with Gasteiger partial charge in [0.05, 0.1) is 22.5 Å². The number of hydrogen-bond acceptors (Lipinski definition) is 5. The molecule has 0 atom stereocenters. The van der Waals surface area contributed by atoms with Gasteiger partial charge in [-0.15, -0.1) is 0 Å². The molecule has 0 radical (unpaired) electrons. The Bertz CT molecular complexity index is 1270. The van der Waals surface area contributed by atoms with E-state index in [2.05, 4.69) is 41.9 Å². The van der Waals surface area contributed by atoms with Crippen molar-refractivity contribution in [1.82, 2.24) is 4.98 Å². The highest BCUT2D eigenvalue weighted by molar-refractivity contribution is 9.10. The van der Waals surface area contributed by atoms with Gasteiger partial charge in [0, 0.05) is 14.5 Å². The van der Waals surface area contributed by atoms with Gasteiger partial charge in [-0.1, -0.05) is 55.3 Å². The van der Waals surface area contributed by atoms with Crippen molar-refractivity contribution < 1.29 is 9.53 Å². The molecule has 4 rings (SSSR count). The Morgan fingerprint density at radius 1 is 1.03 bits per heavy atom. The summed E-state index contributed by atoms with van der Waals surface area (Å²) < 4.78 is 8.58. The highest BCUT2D eigenvalue weighted by atomic mass is 79.9. The smallest absolute Gasteiger partial charge is 0.280 e. The molecule has 3 aromatic carbocycles. The Balaban J connectivity index is 1.70. The van der Waals surface area contributed by atoms with Crippen LogP contribution in [0.3, 0.4) is 0 Å². The highest BCUT2D eigenvalue weighted by Gasteiger charge is 2.21. The average Bonchev–Trinajstić information content (AvgIpc) is 3.18. The fourth-order valence-electron chi connectivity index (χ4n) is 2.91. The summed E-state index contributed by atoms with van der Waals surface area (Å²) in [6.45, 7) is 3.92. The lowest BCUT2D eigenvalue weighted by molar-refractivity contribution is 0.0988. The van der Waals surface area contributed by atoms with Crippen molar-refractivity contribution in [3.63, 3.8) is 0 Å². The van der Waals surface area contributed by atoms with E-state index in [1.807, 2.05) is 56.3 Å². The molecular formula is C24H19Br2N3O2S. The molecule has 5 nitrogen and oxygen atoms in total. The van der Waals surface area contributed by atoms with Gasteiger partial charge in [-0.3, -0.25) is 4.79 Å². The Labute approximate surface area is 207 Å². The molecule has 4 aromatic rings. The number of carbonyl (C=O) groups excluding carboxylic acids is 1. The van der Waals surface area contributed by atoms with Gasteiger partial charge >= 0.3 is 0 Å². The third-order valence-electron chi connectivity index (χ3n) is 4.38. The van der Waals surface area contributed by atoms with Crippen molar-refractivity contribution in [3.05, 3.63) is 86.8 Å². The number of rotatable bonds is 6. The van der Waals surface area contributed by atoms with Gasteiger partial charge in [-0.25, -0.2) is 4.98 Å². The number of amides is 1. The number of ether oxygens (including phenoxy) is 1. The lowest BCUT2D eigenvalue weighted by Crippen LogP contribution is -2.25. The van der Waals surface area contributed by atoms with Crippen LogP contribution in [0.2, 0.25) is 0 Å². The molecule has 0 N–H and O–H groups in total. The minimum Gasteiger partial charge on any atom is -0.491 e. The molecule has 0 bridgehead atoms. The first-order valence-electron chi connectivity index (χ1n) is 9.86. The standard InChI is InChI=1S/C24H19Br2N3O2S/c1-15(2)31-20-10-5-17(6-11-20)23(30)29(27-14-16-3-7-18(25)8-4-16)24-28-21-12-9-19(26)13-22(21)32-24/h3-15H,1-2H3/b27-14+. The zero-order valence-corrected chi connectivity index (χ0v) is 21.3. The molecule has 0 aliphatic carbocycles. The van der Waals surface area contributed by atoms with E-state index in [1.54, 1.807) is 30.5 Å². The molecule has 8 heteroatoms. The fourth-order valence-corrected chi connectivity index (χ4v) is 4.65. The van der Waals surface area contributed by atoms with Gasteiger partial charge in [-0.05, 0) is 74.0 Å². The number of aromatic nitrogens is 1. The highest BCUT2D eigenvalue weighted by Crippen LogP contribution is 2.32. The van der Waals surface area contributed by atoms with Crippen molar-refractivity contribution in [3.8, 4) is 5.75 Å². The van der Waals surface area contributed by atoms with Gasteiger partial charge in [0.2, 0.25) is 5.13 Å². The molecule has 32 heavy (non-hydrogen) atoms. The Morgan fingerprint density at radius 2 is 1.72 bits per heavy atom. The SMILES string of the molecule is CC(C)Oc1ccc(C(=O)N(/N=C/c2ccc(Br)cc2)c2nc3ccc(Br)cc3s2)cc1. The second-order valence-electron chi connectivity index (χ2n) is 7.21. The lowest BCUT2D eigenvalue weighted by atomic mass is 10.2. The number of carbonyl (C=O) groups is 1. The zero-order chi connectivity index (χ0) is 22.7. The van der Waals surface area contributed by atoms with Gasteiger partial charge in [0.1, 0.15) is 5.75 Å². The Hall–Kier alpha value is -2.55. The van der Waals surface area contributed by atoms with E-state index in [0.29, 0.717) is 16.4 Å². The van der Waals surface area contributed by atoms with Crippen LogP contribution in [-0.4, -0.2) is 23.2 Å². The first kappa shape index (κ1) is 22.6. The first-order chi connectivity index (χ1) is 15.4. The number of hydrazone groups is 1. The maximum atomic E-state index is 13.4. The van der Waals surface area contributed by atoms with E-state index >= 15 is 0 Å². The summed E-state index contributed by atoms with van der Waals surface area (Å²) in [5.74, 6) is 0.443. The molecule has 0 spiro atoms. The van der Waals surface area contributed by atoms with Crippen LogP contribution in [-0.2, 0) is 0 Å². The van der Waals surface area contributed by atoms with Gasteiger partial charge in [-0.2, -0.15) is 10.1 Å². The maximum absolute atomic E-state index is 13.4. The van der Waals surface area contributed by atoms with E-state index in [1.165, 1.54) is 16.3 Å². The van der Waals surface area contributed by atoms with E-state index in [9.17, 15) is 4.79 Å². The quantitative estimate of drug-likeness (QED) is 0.180. The number of anilines is 1. The van der Waals surface area contributed by atoms with Gasteiger partial charge in [0.15, 0.2) is 0 Å². The van der Waals surface area contributed by atoms with Crippen molar-refractivity contribution in [2.75, 3.05) is 5.01 Å². The van der Waals surface area contributed by atoms with Crippen LogP contribution in [0.15, 0.2) is 80.8 Å². The lowest BCUT2D eigenvalue weighted by Gasteiger charge is -2.15. The van der Waals surface area contributed by atoms with Crippen LogP contribution >= 0.6 is 43.2 Å². The van der Waals surface area contributed by atoms with Crippen molar-refractivity contribution in [1.29, 1.82) is 0 Å². The van der Waals surface area contributed by atoms with Crippen molar-refractivity contribution in [2.24, 2.45) is 5.10 Å². The largest absolute Gasteiger partial charge is 0.491 e. The van der Waals surface area contributed by atoms with Gasteiger partial charge < -0.3 is 4.74 Å². The van der Waals surface area contributed by atoms with Crippen LogP contribution in [0, 0.1) is 0 Å². The van der Waals surface area contributed by atoms with Crippen LogP contribution in [0.4, 0.5) is 5.13 Å². The third-order valence-corrected chi connectivity index (χ3v) is 6.39. The number of fused-ring (bicyclic) bond motifs is 1. The molecule has 162 valence electrons. The predicted octanol–water partition coefficient (Wildman–Crippen LogP) is 7.29. The molecule has 0 saturated heterocycles. The average molecular weight is 573 g/mol. The number of benzene rings is 3. The molecule has 1 heterocycles. The second kappa shape index (κ2) is 9.94. The van der Waals surface area contributed by atoms with Crippen LogP contribution in [0.25, 0.3) is 10.2 Å². The number of hydrogen-bond donors (Lipinski definition) is 0. The Morgan fingerprint density at radius 3 is 2.41 bits per heavy atom. The molecule has 0 saturated carbocycles.